The van der Waals surface area contributed by atoms with Crippen molar-refractivity contribution in [3.8, 4) is 0 Å². The van der Waals surface area contributed by atoms with Gasteiger partial charge in [0, 0.05) is 11.3 Å². The average Bonchev–Trinajstić information content (AvgIpc) is 2.63. The first-order valence-electron chi connectivity index (χ1n) is 4.12. The van der Waals surface area contributed by atoms with E-state index < -0.39 is 0 Å². The number of nitrogens with one attached hydrogen (secondary N) is 1. The fraction of sp³-hybridized carbons (Fsp3) is 0.714. The number of thioether (sulfide) groups is 1. The Hall–Kier alpha value is -0.550. The van der Waals surface area contributed by atoms with Gasteiger partial charge in [-0.2, -0.15) is 5.10 Å². The summed E-state index contributed by atoms with van der Waals surface area (Å²) in [5.41, 5.74) is 5.79. The molecule has 1 aliphatic carbocycles. The van der Waals surface area contributed by atoms with Crippen molar-refractivity contribution in [2.45, 2.75) is 35.7 Å². The SMILES string of the molecule is NC1CCC(Sc2ncn[nH]2)C1. The highest BCUT2D eigenvalue weighted by Crippen LogP contribution is 2.31. The molecule has 0 bridgehead atoms. The fourth-order valence-corrected chi connectivity index (χ4v) is 2.62. The molecule has 1 aromatic heterocycles. The molecular formula is C7H12N4S. The Bertz CT molecular complexity index is 236. The molecule has 12 heavy (non-hydrogen) atoms. The minimum absolute atomic E-state index is 0.394. The van der Waals surface area contributed by atoms with Gasteiger partial charge in [-0.25, -0.2) is 4.98 Å². The molecule has 3 N–H and O–H groups in total. The summed E-state index contributed by atoms with van der Waals surface area (Å²) in [5, 5.41) is 8.18. The van der Waals surface area contributed by atoms with Crippen LogP contribution >= 0.6 is 11.8 Å². The first kappa shape index (κ1) is 8.07. The molecule has 5 heteroatoms. The maximum Gasteiger partial charge on any atom is 0.183 e. The van der Waals surface area contributed by atoms with Gasteiger partial charge in [0.2, 0.25) is 0 Å². The van der Waals surface area contributed by atoms with Crippen LogP contribution in [0.3, 0.4) is 0 Å². The molecule has 1 aromatic rings. The van der Waals surface area contributed by atoms with Gasteiger partial charge in [0.05, 0.1) is 0 Å². The minimum Gasteiger partial charge on any atom is -0.328 e. The molecule has 0 aromatic carbocycles. The number of H-pyrrole nitrogens is 1. The monoisotopic (exact) mass is 184 g/mol. The molecular weight excluding hydrogens is 172 g/mol. The average molecular weight is 184 g/mol. The second-order valence-electron chi connectivity index (χ2n) is 3.10. The van der Waals surface area contributed by atoms with Gasteiger partial charge in [0.25, 0.3) is 0 Å². The van der Waals surface area contributed by atoms with Crippen LogP contribution in [0.5, 0.6) is 0 Å². The standard InChI is InChI=1S/C7H12N4S/c8-5-1-2-6(3-5)12-7-9-4-10-11-7/h4-6H,1-3,8H2,(H,9,10,11). The summed E-state index contributed by atoms with van der Waals surface area (Å²) in [6.45, 7) is 0. The predicted octanol–water partition coefficient (Wildman–Crippen LogP) is 0.777. The van der Waals surface area contributed by atoms with Gasteiger partial charge >= 0.3 is 0 Å². The summed E-state index contributed by atoms with van der Waals surface area (Å²) in [6, 6.07) is 0.394. The number of nitrogens with zero attached hydrogens (tertiary/aromatic N) is 2. The lowest BCUT2D eigenvalue weighted by molar-refractivity contribution is 0.705. The van der Waals surface area contributed by atoms with Crippen molar-refractivity contribution in [3.05, 3.63) is 6.33 Å². The van der Waals surface area contributed by atoms with Crippen LogP contribution in [0.15, 0.2) is 11.5 Å². The molecule has 0 saturated heterocycles. The molecule has 1 fully saturated rings. The normalized spacial score (nSPS) is 29.4. The minimum atomic E-state index is 0.394. The third-order valence-electron chi connectivity index (χ3n) is 2.10. The molecule has 1 heterocycles. The highest BCUT2D eigenvalue weighted by atomic mass is 32.2. The van der Waals surface area contributed by atoms with Crippen LogP contribution in [0.2, 0.25) is 0 Å². The van der Waals surface area contributed by atoms with Gasteiger partial charge in [0.1, 0.15) is 6.33 Å². The van der Waals surface area contributed by atoms with Gasteiger partial charge in [-0.1, -0.05) is 11.8 Å². The third-order valence-corrected chi connectivity index (χ3v) is 3.28. The third kappa shape index (κ3) is 1.78. The molecule has 66 valence electrons. The largest absolute Gasteiger partial charge is 0.328 e. The number of hydrogen-bond donors (Lipinski definition) is 2. The maximum atomic E-state index is 5.79. The molecule has 2 rings (SSSR count). The van der Waals surface area contributed by atoms with E-state index in [2.05, 4.69) is 15.2 Å². The molecule has 1 saturated carbocycles. The van der Waals surface area contributed by atoms with Crippen molar-refractivity contribution in [3.63, 3.8) is 0 Å². The van der Waals surface area contributed by atoms with Crippen LogP contribution in [0.25, 0.3) is 0 Å². The number of nitrogens with two attached hydrogens (primary N) is 1. The van der Waals surface area contributed by atoms with Crippen LogP contribution in [0, 0.1) is 0 Å². The number of aromatic amines is 1. The summed E-state index contributed by atoms with van der Waals surface area (Å²) >= 11 is 1.75. The lowest BCUT2D eigenvalue weighted by atomic mass is 10.3. The van der Waals surface area contributed by atoms with Gasteiger partial charge in [-0.15, -0.1) is 0 Å². The van der Waals surface area contributed by atoms with E-state index in [9.17, 15) is 0 Å². The number of hydrogen-bond acceptors (Lipinski definition) is 4. The van der Waals surface area contributed by atoms with Crippen LogP contribution in [0.1, 0.15) is 19.3 Å². The van der Waals surface area contributed by atoms with Crippen molar-refractivity contribution in [1.82, 2.24) is 15.2 Å². The Balaban J connectivity index is 1.88. The summed E-state index contributed by atoms with van der Waals surface area (Å²) in [5.74, 6) is 0. The first-order chi connectivity index (χ1) is 5.84. The first-order valence-corrected chi connectivity index (χ1v) is 5.00. The number of rotatable bonds is 2. The van der Waals surface area contributed by atoms with Crippen LogP contribution < -0.4 is 5.73 Å². The van der Waals surface area contributed by atoms with E-state index in [-0.39, 0.29) is 0 Å². The smallest absolute Gasteiger partial charge is 0.183 e. The molecule has 2 unspecified atom stereocenters. The lowest BCUT2D eigenvalue weighted by Gasteiger charge is -2.04. The zero-order valence-corrected chi connectivity index (χ0v) is 7.55. The summed E-state index contributed by atoms with van der Waals surface area (Å²) in [7, 11) is 0. The van der Waals surface area contributed by atoms with Crippen molar-refractivity contribution >= 4 is 11.8 Å². The van der Waals surface area contributed by atoms with Crippen LogP contribution in [-0.4, -0.2) is 26.5 Å². The number of aromatic nitrogens is 3. The molecule has 0 amide bonds. The van der Waals surface area contributed by atoms with E-state index >= 15 is 0 Å². The fourth-order valence-electron chi connectivity index (χ4n) is 1.49. The van der Waals surface area contributed by atoms with E-state index in [0.29, 0.717) is 11.3 Å². The Morgan fingerprint density at radius 3 is 3.08 bits per heavy atom. The zero-order chi connectivity index (χ0) is 8.39. The van der Waals surface area contributed by atoms with Crippen molar-refractivity contribution < 1.29 is 0 Å². The van der Waals surface area contributed by atoms with Crippen molar-refractivity contribution in [1.29, 1.82) is 0 Å². The Morgan fingerprint density at radius 1 is 1.58 bits per heavy atom. The Labute approximate surface area is 75.3 Å². The summed E-state index contributed by atoms with van der Waals surface area (Å²) < 4.78 is 0. The molecule has 0 radical (unpaired) electrons. The van der Waals surface area contributed by atoms with Crippen LogP contribution in [-0.2, 0) is 0 Å². The van der Waals surface area contributed by atoms with Crippen LogP contribution in [0.4, 0.5) is 0 Å². The van der Waals surface area contributed by atoms with E-state index in [4.69, 9.17) is 5.73 Å². The summed E-state index contributed by atoms with van der Waals surface area (Å²) in [6.07, 6.45) is 4.99. The topological polar surface area (TPSA) is 67.6 Å². The second-order valence-corrected chi connectivity index (χ2v) is 4.39. The highest BCUT2D eigenvalue weighted by molar-refractivity contribution is 7.99. The molecule has 4 nitrogen and oxygen atoms in total. The van der Waals surface area contributed by atoms with Crippen molar-refractivity contribution in [2.75, 3.05) is 0 Å². The second kappa shape index (κ2) is 3.45. The summed E-state index contributed by atoms with van der Waals surface area (Å²) in [4.78, 5) is 4.06. The van der Waals surface area contributed by atoms with Crippen molar-refractivity contribution in [2.24, 2.45) is 5.73 Å². The zero-order valence-electron chi connectivity index (χ0n) is 6.73. The van der Waals surface area contributed by atoms with E-state index in [1.54, 1.807) is 11.8 Å². The molecule has 2 atom stereocenters. The van der Waals surface area contributed by atoms with Gasteiger partial charge < -0.3 is 5.73 Å². The van der Waals surface area contributed by atoms with E-state index in [1.807, 2.05) is 0 Å². The Kier molecular flexibility index (Phi) is 2.32. The quantitative estimate of drug-likeness (QED) is 0.712. The van der Waals surface area contributed by atoms with E-state index in [1.165, 1.54) is 12.7 Å². The lowest BCUT2D eigenvalue weighted by Crippen LogP contribution is -2.15. The predicted molar refractivity (Wildman–Crippen MR) is 47.9 cm³/mol. The highest BCUT2D eigenvalue weighted by Gasteiger charge is 2.23. The molecule has 1 aliphatic rings. The van der Waals surface area contributed by atoms with E-state index in [0.717, 1.165) is 18.0 Å². The maximum absolute atomic E-state index is 5.79. The van der Waals surface area contributed by atoms with Gasteiger partial charge in [-0.05, 0) is 19.3 Å². The molecule has 0 spiro atoms. The van der Waals surface area contributed by atoms with Gasteiger partial charge in [-0.3, -0.25) is 5.10 Å². The van der Waals surface area contributed by atoms with Gasteiger partial charge in [0.15, 0.2) is 5.16 Å². The molecule has 0 aliphatic heterocycles. The Morgan fingerprint density at radius 2 is 2.50 bits per heavy atom.